The third kappa shape index (κ3) is 4.88. The van der Waals surface area contributed by atoms with Crippen LogP contribution in [0.15, 0.2) is 78.2 Å². The van der Waals surface area contributed by atoms with Crippen molar-refractivity contribution < 1.29 is 14.5 Å². The Labute approximate surface area is 186 Å². The molecule has 0 radical (unpaired) electrons. The number of hydrogen-bond donors (Lipinski definition) is 1. The van der Waals surface area contributed by atoms with Crippen LogP contribution in [0.1, 0.15) is 10.4 Å². The van der Waals surface area contributed by atoms with E-state index < -0.39 is 10.8 Å². The highest BCUT2D eigenvalue weighted by Gasteiger charge is 2.17. The number of carbonyl (C=O) groups is 1. The zero-order valence-corrected chi connectivity index (χ0v) is 17.4. The summed E-state index contributed by atoms with van der Waals surface area (Å²) >= 11 is 7.26. The summed E-state index contributed by atoms with van der Waals surface area (Å²) in [6.07, 6.45) is 0. The van der Waals surface area contributed by atoms with Gasteiger partial charge in [0, 0.05) is 23.1 Å². The second-order valence-corrected chi connectivity index (χ2v) is 7.62. The number of para-hydroxylation sites is 1. The number of anilines is 1. The number of amides is 1. The molecule has 0 bridgehead atoms. The van der Waals surface area contributed by atoms with Gasteiger partial charge < -0.3 is 4.74 Å². The van der Waals surface area contributed by atoms with Gasteiger partial charge in [0.05, 0.1) is 21.2 Å². The van der Waals surface area contributed by atoms with Gasteiger partial charge in [0.15, 0.2) is 5.13 Å². The highest BCUT2D eigenvalue weighted by molar-refractivity contribution is 7.14. The standard InChI is InChI=1S/C22H14ClN3O4S/c23-19-11-8-15(26(28)29)12-18(19)21(27)25-22-24-20(13-31-22)14-6-9-17(10-7-14)30-16-4-2-1-3-5-16/h1-13H,(H,24,25,27). The lowest BCUT2D eigenvalue weighted by Gasteiger charge is -2.06. The number of nitro groups is 1. The predicted molar refractivity (Wildman–Crippen MR) is 120 cm³/mol. The summed E-state index contributed by atoms with van der Waals surface area (Å²) in [5, 5.41) is 15.9. The molecule has 0 atom stereocenters. The van der Waals surface area contributed by atoms with Crippen LogP contribution in [0.3, 0.4) is 0 Å². The zero-order chi connectivity index (χ0) is 21.8. The largest absolute Gasteiger partial charge is 0.457 e. The van der Waals surface area contributed by atoms with Crippen LogP contribution in [0, 0.1) is 10.1 Å². The first kappa shape index (κ1) is 20.5. The van der Waals surface area contributed by atoms with Crippen LogP contribution in [-0.4, -0.2) is 15.8 Å². The maximum absolute atomic E-state index is 12.5. The fourth-order valence-corrected chi connectivity index (χ4v) is 3.67. The highest BCUT2D eigenvalue weighted by Crippen LogP contribution is 2.29. The molecule has 154 valence electrons. The Bertz CT molecular complexity index is 1240. The molecule has 9 heteroatoms. The number of nitrogens with zero attached hydrogens (tertiary/aromatic N) is 2. The smallest absolute Gasteiger partial charge is 0.270 e. The van der Waals surface area contributed by atoms with Gasteiger partial charge >= 0.3 is 0 Å². The fourth-order valence-electron chi connectivity index (χ4n) is 2.75. The Morgan fingerprint density at radius 2 is 1.74 bits per heavy atom. The number of nitrogens with one attached hydrogen (secondary N) is 1. The molecule has 4 rings (SSSR count). The molecule has 7 nitrogen and oxygen atoms in total. The number of benzene rings is 3. The van der Waals surface area contributed by atoms with Crippen LogP contribution in [0.5, 0.6) is 11.5 Å². The van der Waals surface area contributed by atoms with Gasteiger partial charge in [-0.25, -0.2) is 4.98 Å². The Balaban J connectivity index is 1.46. The summed E-state index contributed by atoms with van der Waals surface area (Å²) in [4.78, 5) is 27.3. The number of hydrogen-bond acceptors (Lipinski definition) is 6. The number of non-ortho nitro benzene ring substituents is 1. The van der Waals surface area contributed by atoms with Gasteiger partial charge in [0.25, 0.3) is 11.6 Å². The SMILES string of the molecule is O=C(Nc1nc(-c2ccc(Oc3ccccc3)cc2)cs1)c1cc([N+](=O)[O-])ccc1Cl. The summed E-state index contributed by atoms with van der Waals surface area (Å²) in [6, 6.07) is 20.6. The molecular weight excluding hydrogens is 438 g/mol. The number of aromatic nitrogens is 1. The number of halogens is 1. The first-order chi connectivity index (χ1) is 15.0. The van der Waals surface area contributed by atoms with Crippen LogP contribution >= 0.6 is 22.9 Å². The molecular formula is C22H14ClN3O4S. The lowest BCUT2D eigenvalue weighted by molar-refractivity contribution is -0.384. The van der Waals surface area contributed by atoms with E-state index in [9.17, 15) is 14.9 Å². The van der Waals surface area contributed by atoms with E-state index in [1.807, 2.05) is 54.6 Å². The summed E-state index contributed by atoms with van der Waals surface area (Å²) < 4.78 is 5.78. The topological polar surface area (TPSA) is 94.4 Å². The molecule has 1 heterocycles. The van der Waals surface area contributed by atoms with Gasteiger partial charge in [0.2, 0.25) is 0 Å². The van der Waals surface area contributed by atoms with E-state index in [0.29, 0.717) is 16.6 Å². The first-order valence-electron chi connectivity index (χ1n) is 9.04. The number of carbonyl (C=O) groups excluding carboxylic acids is 1. The number of nitro benzene ring substituents is 1. The molecule has 3 aromatic carbocycles. The lowest BCUT2D eigenvalue weighted by Crippen LogP contribution is -2.12. The summed E-state index contributed by atoms with van der Waals surface area (Å²) in [7, 11) is 0. The van der Waals surface area contributed by atoms with E-state index in [0.717, 1.165) is 17.4 Å². The zero-order valence-electron chi connectivity index (χ0n) is 15.8. The monoisotopic (exact) mass is 451 g/mol. The van der Waals surface area contributed by atoms with Gasteiger partial charge in [-0.15, -0.1) is 11.3 Å². The van der Waals surface area contributed by atoms with Crippen molar-refractivity contribution in [3.05, 3.63) is 98.9 Å². The fraction of sp³-hybridized carbons (Fsp3) is 0. The molecule has 0 aliphatic heterocycles. The molecule has 0 unspecified atom stereocenters. The minimum absolute atomic E-state index is 0.00929. The van der Waals surface area contributed by atoms with Crippen molar-refractivity contribution in [2.75, 3.05) is 5.32 Å². The van der Waals surface area contributed by atoms with Gasteiger partial charge in [0.1, 0.15) is 11.5 Å². The summed E-state index contributed by atoms with van der Waals surface area (Å²) in [5.41, 5.74) is 1.32. The third-order valence-corrected chi connectivity index (χ3v) is 5.35. The van der Waals surface area contributed by atoms with Crippen LogP contribution < -0.4 is 10.1 Å². The molecule has 0 spiro atoms. The van der Waals surface area contributed by atoms with Gasteiger partial charge in [-0.2, -0.15) is 0 Å². The summed E-state index contributed by atoms with van der Waals surface area (Å²) in [6.45, 7) is 0. The van der Waals surface area contributed by atoms with Crippen LogP contribution in [0.4, 0.5) is 10.8 Å². The minimum atomic E-state index is -0.584. The second kappa shape index (κ2) is 8.95. The quantitative estimate of drug-likeness (QED) is 0.270. The Kier molecular flexibility index (Phi) is 5.92. The maximum atomic E-state index is 12.5. The Morgan fingerprint density at radius 1 is 1.03 bits per heavy atom. The average molecular weight is 452 g/mol. The average Bonchev–Trinajstić information content (AvgIpc) is 3.23. The third-order valence-electron chi connectivity index (χ3n) is 4.26. The van der Waals surface area contributed by atoms with E-state index >= 15 is 0 Å². The van der Waals surface area contributed by atoms with Crippen molar-refractivity contribution in [1.82, 2.24) is 4.98 Å². The molecule has 0 saturated carbocycles. The van der Waals surface area contributed by atoms with Crippen LogP contribution in [-0.2, 0) is 0 Å². The first-order valence-corrected chi connectivity index (χ1v) is 10.3. The van der Waals surface area contributed by atoms with Crippen LogP contribution in [0.25, 0.3) is 11.3 Å². The van der Waals surface area contributed by atoms with Crippen molar-refractivity contribution in [1.29, 1.82) is 0 Å². The van der Waals surface area contributed by atoms with E-state index in [2.05, 4.69) is 10.3 Å². The van der Waals surface area contributed by atoms with E-state index in [4.69, 9.17) is 16.3 Å². The highest BCUT2D eigenvalue weighted by atomic mass is 35.5. The minimum Gasteiger partial charge on any atom is -0.457 e. The van der Waals surface area contributed by atoms with Crippen LogP contribution in [0.2, 0.25) is 5.02 Å². The molecule has 1 N–H and O–H groups in total. The Hall–Kier alpha value is -3.75. The van der Waals surface area contributed by atoms with Gasteiger partial charge in [-0.3, -0.25) is 20.2 Å². The van der Waals surface area contributed by atoms with Crippen molar-refractivity contribution in [3.63, 3.8) is 0 Å². The molecule has 1 amide bonds. The number of ether oxygens (including phenoxy) is 1. The molecule has 31 heavy (non-hydrogen) atoms. The molecule has 4 aromatic rings. The van der Waals surface area contributed by atoms with Crippen molar-refractivity contribution >= 4 is 39.7 Å². The lowest BCUT2D eigenvalue weighted by atomic mass is 10.2. The normalized spacial score (nSPS) is 10.5. The van der Waals surface area contributed by atoms with Crippen molar-refractivity contribution in [2.45, 2.75) is 0 Å². The summed E-state index contributed by atoms with van der Waals surface area (Å²) in [5.74, 6) is 0.869. The molecule has 0 aliphatic carbocycles. The van der Waals surface area contributed by atoms with Crippen molar-refractivity contribution in [2.24, 2.45) is 0 Å². The molecule has 0 fully saturated rings. The number of thiazole rings is 1. The number of rotatable bonds is 6. The van der Waals surface area contributed by atoms with Crippen molar-refractivity contribution in [3.8, 4) is 22.8 Å². The molecule has 1 aromatic heterocycles. The van der Waals surface area contributed by atoms with E-state index in [1.165, 1.54) is 23.5 Å². The molecule has 0 aliphatic rings. The Morgan fingerprint density at radius 3 is 2.45 bits per heavy atom. The maximum Gasteiger partial charge on any atom is 0.270 e. The van der Waals surface area contributed by atoms with E-state index in [1.54, 1.807) is 5.38 Å². The second-order valence-electron chi connectivity index (χ2n) is 6.35. The molecule has 0 saturated heterocycles. The van der Waals surface area contributed by atoms with Gasteiger partial charge in [-0.1, -0.05) is 29.8 Å². The van der Waals surface area contributed by atoms with Gasteiger partial charge in [-0.05, 0) is 42.5 Å². The predicted octanol–water partition coefficient (Wildman–Crippen LogP) is 6.42. The van der Waals surface area contributed by atoms with E-state index in [-0.39, 0.29) is 16.3 Å².